The van der Waals surface area contributed by atoms with Crippen LogP contribution in [-0.2, 0) is 0 Å². The van der Waals surface area contributed by atoms with Gasteiger partial charge in [-0.25, -0.2) is 4.98 Å². The van der Waals surface area contributed by atoms with E-state index in [9.17, 15) is 9.59 Å². The Morgan fingerprint density at radius 3 is 2.94 bits per heavy atom. The third kappa shape index (κ3) is 2.40. The summed E-state index contributed by atoms with van der Waals surface area (Å²) in [5.41, 5.74) is 0.422. The summed E-state index contributed by atoms with van der Waals surface area (Å²) in [5, 5.41) is 0.952. The molecule has 82 valence electrons. The maximum atomic E-state index is 11.2. The average molecular weight is 236 g/mol. The zero-order valence-electron chi connectivity index (χ0n) is 8.39. The van der Waals surface area contributed by atoms with E-state index in [1.165, 1.54) is 6.07 Å². The fourth-order valence-electron chi connectivity index (χ4n) is 1.15. The fourth-order valence-corrected chi connectivity index (χ4v) is 1.95. The van der Waals surface area contributed by atoms with Gasteiger partial charge in [0.2, 0.25) is 0 Å². The monoisotopic (exact) mass is 236 g/mol. The summed E-state index contributed by atoms with van der Waals surface area (Å²) < 4.78 is 5.15. The van der Waals surface area contributed by atoms with E-state index < -0.39 is 0 Å². The van der Waals surface area contributed by atoms with E-state index in [-0.39, 0.29) is 11.3 Å². The van der Waals surface area contributed by atoms with Crippen molar-refractivity contribution in [3.63, 3.8) is 0 Å². The molecule has 0 aliphatic rings. The van der Waals surface area contributed by atoms with Gasteiger partial charge in [-0.15, -0.1) is 0 Å². The lowest BCUT2D eigenvalue weighted by molar-refractivity contribution is 0.109. The number of carbonyl (C=O) groups is 1. The summed E-state index contributed by atoms with van der Waals surface area (Å²) in [4.78, 5) is 28.3. The molecule has 0 amide bonds. The van der Waals surface area contributed by atoms with Gasteiger partial charge in [-0.1, -0.05) is 0 Å². The summed E-state index contributed by atoms with van der Waals surface area (Å²) in [7, 11) is 0. The number of furan rings is 1. The first kappa shape index (κ1) is 10.7. The molecule has 2 aromatic rings. The second kappa shape index (κ2) is 4.36. The van der Waals surface area contributed by atoms with E-state index in [0.29, 0.717) is 22.2 Å². The topological polar surface area (TPSA) is 76.0 Å². The second-order valence-corrected chi connectivity index (χ2v) is 4.06. The Kier molecular flexibility index (Phi) is 2.91. The molecule has 0 saturated carbocycles. The number of hydrogen-bond donors (Lipinski definition) is 1. The highest BCUT2D eigenvalue weighted by molar-refractivity contribution is 7.99. The predicted octanol–water partition coefficient (Wildman–Crippen LogP) is 1.64. The number of nitrogens with one attached hydrogen (secondary N) is 1. The lowest BCUT2D eigenvalue weighted by Crippen LogP contribution is -2.07. The minimum Gasteiger partial charge on any atom is -0.447 e. The minimum absolute atomic E-state index is 0.211. The molecule has 6 heteroatoms. The van der Waals surface area contributed by atoms with Crippen molar-refractivity contribution in [2.45, 2.75) is 17.2 Å². The van der Waals surface area contributed by atoms with Crippen LogP contribution in [0.3, 0.4) is 0 Å². The van der Waals surface area contributed by atoms with E-state index >= 15 is 0 Å². The van der Waals surface area contributed by atoms with Crippen molar-refractivity contribution >= 4 is 18.0 Å². The van der Waals surface area contributed by atoms with Gasteiger partial charge in [-0.3, -0.25) is 9.59 Å². The molecule has 0 unspecified atom stereocenters. The number of H-pyrrole nitrogens is 1. The molecule has 0 atom stereocenters. The third-order valence-electron chi connectivity index (χ3n) is 1.76. The molecule has 0 spiro atoms. The Morgan fingerprint density at radius 2 is 2.31 bits per heavy atom. The van der Waals surface area contributed by atoms with Gasteiger partial charge in [0.1, 0.15) is 0 Å². The van der Waals surface area contributed by atoms with Crippen LogP contribution in [0.5, 0.6) is 0 Å². The third-order valence-corrected chi connectivity index (χ3v) is 2.57. The van der Waals surface area contributed by atoms with E-state index in [4.69, 9.17) is 4.42 Å². The molecular formula is C10H8N2O3S. The fraction of sp³-hybridized carbons (Fsp3) is 0.100. The van der Waals surface area contributed by atoms with Crippen LogP contribution in [0.15, 0.2) is 37.7 Å². The van der Waals surface area contributed by atoms with Crippen LogP contribution >= 0.6 is 11.8 Å². The van der Waals surface area contributed by atoms with Crippen molar-refractivity contribution in [1.29, 1.82) is 0 Å². The summed E-state index contributed by atoms with van der Waals surface area (Å²) >= 11 is 1.16. The van der Waals surface area contributed by atoms with Crippen LogP contribution in [0.1, 0.15) is 16.2 Å². The van der Waals surface area contributed by atoms with Gasteiger partial charge in [0.05, 0.1) is 0 Å². The minimum atomic E-state index is -0.211. The SMILES string of the molecule is Cc1cc(=O)[nH]c(Sc2ccc(C=O)o2)n1. The van der Waals surface area contributed by atoms with Crippen LogP contribution in [-0.4, -0.2) is 16.3 Å². The Bertz CT molecular complexity index is 573. The highest BCUT2D eigenvalue weighted by Crippen LogP contribution is 2.25. The molecular weight excluding hydrogens is 228 g/mol. The van der Waals surface area contributed by atoms with Crippen LogP contribution in [0.4, 0.5) is 0 Å². The van der Waals surface area contributed by atoms with E-state index in [0.717, 1.165) is 11.8 Å². The maximum Gasteiger partial charge on any atom is 0.251 e. The highest BCUT2D eigenvalue weighted by Gasteiger charge is 2.05. The Balaban J connectivity index is 2.26. The van der Waals surface area contributed by atoms with Crippen LogP contribution in [0, 0.1) is 6.92 Å². The summed E-state index contributed by atoms with van der Waals surface area (Å²) in [6.07, 6.45) is 0.622. The second-order valence-electron chi connectivity index (χ2n) is 3.07. The maximum absolute atomic E-state index is 11.2. The molecule has 1 N–H and O–H groups in total. The molecule has 0 fully saturated rings. The van der Waals surface area contributed by atoms with Gasteiger partial charge in [-0.05, 0) is 30.8 Å². The molecule has 2 aromatic heterocycles. The number of aromatic amines is 1. The van der Waals surface area contributed by atoms with E-state index in [1.807, 2.05) is 0 Å². The zero-order valence-corrected chi connectivity index (χ0v) is 9.21. The van der Waals surface area contributed by atoms with Crippen LogP contribution in [0.2, 0.25) is 0 Å². The Morgan fingerprint density at radius 1 is 1.50 bits per heavy atom. The Labute approximate surface area is 94.9 Å². The number of rotatable bonds is 3. The van der Waals surface area contributed by atoms with Gasteiger partial charge in [-0.2, -0.15) is 0 Å². The molecule has 0 bridgehead atoms. The normalized spacial score (nSPS) is 10.3. The van der Waals surface area contributed by atoms with Crippen molar-refractivity contribution in [3.05, 3.63) is 40.0 Å². The molecule has 0 saturated heterocycles. The largest absolute Gasteiger partial charge is 0.447 e. The molecule has 0 aliphatic carbocycles. The summed E-state index contributed by atoms with van der Waals surface area (Å²) in [6, 6.07) is 4.61. The van der Waals surface area contributed by atoms with Gasteiger partial charge in [0.15, 0.2) is 22.3 Å². The smallest absolute Gasteiger partial charge is 0.251 e. The number of aryl methyl sites for hydroxylation is 1. The predicted molar refractivity (Wildman–Crippen MR) is 57.8 cm³/mol. The van der Waals surface area contributed by atoms with Gasteiger partial charge in [0.25, 0.3) is 5.56 Å². The number of hydrogen-bond acceptors (Lipinski definition) is 5. The number of aromatic nitrogens is 2. The zero-order chi connectivity index (χ0) is 11.5. The lowest BCUT2D eigenvalue weighted by Gasteiger charge is -1.97. The standard InChI is InChI=1S/C10H8N2O3S/c1-6-4-8(14)12-10(11-6)16-9-3-2-7(5-13)15-9/h2-5H,1H3,(H,11,12,14). The molecule has 0 aromatic carbocycles. The number of carbonyl (C=O) groups excluding carboxylic acids is 1. The van der Waals surface area contributed by atoms with Crippen molar-refractivity contribution < 1.29 is 9.21 Å². The first-order chi connectivity index (χ1) is 7.67. The van der Waals surface area contributed by atoms with E-state index in [2.05, 4.69) is 9.97 Å². The summed E-state index contributed by atoms with van der Waals surface area (Å²) in [5.74, 6) is 0.248. The molecule has 5 nitrogen and oxygen atoms in total. The lowest BCUT2D eigenvalue weighted by atomic mass is 10.5. The molecule has 0 radical (unpaired) electrons. The first-order valence-corrected chi connectivity index (χ1v) is 5.30. The van der Waals surface area contributed by atoms with Crippen molar-refractivity contribution in [3.8, 4) is 0 Å². The van der Waals surface area contributed by atoms with Crippen molar-refractivity contribution in [2.75, 3.05) is 0 Å². The van der Waals surface area contributed by atoms with Gasteiger partial charge >= 0.3 is 0 Å². The van der Waals surface area contributed by atoms with Crippen LogP contribution < -0.4 is 5.56 Å². The van der Waals surface area contributed by atoms with Crippen molar-refractivity contribution in [1.82, 2.24) is 9.97 Å². The number of nitrogens with zero attached hydrogens (tertiary/aromatic N) is 1. The summed E-state index contributed by atoms with van der Waals surface area (Å²) in [6.45, 7) is 1.73. The average Bonchev–Trinajstić information content (AvgIpc) is 2.64. The Hall–Kier alpha value is -1.82. The molecule has 16 heavy (non-hydrogen) atoms. The van der Waals surface area contributed by atoms with Gasteiger partial charge in [0, 0.05) is 11.8 Å². The number of aldehydes is 1. The van der Waals surface area contributed by atoms with E-state index in [1.54, 1.807) is 19.1 Å². The molecule has 2 heterocycles. The first-order valence-electron chi connectivity index (χ1n) is 4.48. The van der Waals surface area contributed by atoms with Crippen molar-refractivity contribution in [2.24, 2.45) is 0 Å². The molecule has 2 rings (SSSR count). The van der Waals surface area contributed by atoms with Gasteiger partial charge < -0.3 is 9.40 Å². The highest BCUT2D eigenvalue weighted by atomic mass is 32.2. The molecule has 0 aliphatic heterocycles. The quantitative estimate of drug-likeness (QED) is 0.647. The van der Waals surface area contributed by atoms with Crippen LogP contribution in [0.25, 0.3) is 0 Å².